The summed E-state index contributed by atoms with van der Waals surface area (Å²) >= 11 is 0. The first-order valence-electron chi connectivity index (χ1n) is 6.48. The molecule has 0 saturated heterocycles. The third-order valence-electron chi connectivity index (χ3n) is 3.25. The average molecular weight is 286 g/mol. The largest absolute Gasteiger partial charge is 0.463 e. The molecule has 2 N–H and O–H groups in total. The number of rotatable bonds is 4. The molecular formula is C15H14N2O4. The summed E-state index contributed by atoms with van der Waals surface area (Å²) in [5.41, 5.74) is 1.73. The Morgan fingerprint density at radius 2 is 2.05 bits per heavy atom. The van der Waals surface area contributed by atoms with E-state index >= 15 is 0 Å². The molecular weight excluding hydrogens is 272 g/mol. The van der Waals surface area contributed by atoms with E-state index < -0.39 is 5.79 Å². The predicted molar refractivity (Wildman–Crippen MR) is 75.3 cm³/mol. The van der Waals surface area contributed by atoms with Gasteiger partial charge in [-0.2, -0.15) is 0 Å². The van der Waals surface area contributed by atoms with Gasteiger partial charge in [-0.25, -0.2) is 0 Å². The van der Waals surface area contributed by atoms with Gasteiger partial charge < -0.3 is 19.6 Å². The molecule has 0 saturated carbocycles. The Kier molecular flexibility index (Phi) is 3.45. The lowest BCUT2D eigenvalue weighted by molar-refractivity contribution is -0.179. The van der Waals surface area contributed by atoms with Crippen molar-refractivity contribution in [2.75, 3.05) is 0 Å². The van der Waals surface area contributed by atoms with Crippen LogP contribution < -0.4 is 0 Å². The zero-order valence-corrected chi connectivity index (χ0v) is 11.1. The third kappa shape index (κ3) is 2.80. The number of furan rings is 1. The molecule has 1 aromatic heterocycles. The van der Waals surface area contributed by atoms with Crippen molar-refractivity contribution in [3.05, 3.63) is 60.1 Å². The second-order valence-electron chi connectivity index (χ2n) is 4.82. The summed E-state index contributed by atoms with van der Waals surface area (Å²) in [6.45, 7) is 0. The average Bonchev–Trinajstić information content (AvgIpc) is 3.16. The van der Waals surface area contributed by atoms with Crippen LogP contribution in [0.15, 0.2) is 63.5 Å². The quantitative estimate of drug-likeness (QED) is 0.513. The van der Waals surface area contributed by atoms with Gasteiger partial charge in [0.25, 0.3) is 0 Å². The van der Waals surface area contributed by atoms with E-state index in [1.54, 1.807) is 12.1 Å². The van der Waals surface area contributed by atoms with Gasteiger partial charge >= 0.3 is 0 Å². The van der Waals surface area contributed by atoms with E-state index in [1.807, 2.05) is 30.3 Å². The highest BCUT2D eigenvalue weighted by Gasteiger charge is 2.39. The van der Waals surface area contributed by atoms with Gasteiger partial charge in [0.2, 0.25) is 5.79 Å². The van der Waals surface area contributed by atoms with Crippen LogP contribution in [0.5, 0.6) is 0 Å². The molecule has 1 aliphatic heterocycles. The maximum absolute atomic E-state index is 10.5. The number of oxime groups is 2. The van der Waals surface area contributed by atoms with Crippen molar-refractivity contribution in [3.63, 3.8) is 0 Å². The third-order valence-corrected chi connectivity index (χ3v) is 3.25. The van der Waals surface area contributed by atoms with Gasteiger partial charge in [0.1, 0.15) is 5.71 Å². The lowest BCUT2D eigenvalue weighted by Gasteiger charge is -2.19. The van der Waals surface area contributed by atoms with Crippen LogP contribution in [0, 0.1) is 0 Å². The number of hydrogen-bond donors (Lipinski definition) is 2. The molecule has 1 atom stereocenters. The summed E-state index contributed by atoms with van der Waals surface area (Å²) in [6, 6.07) is 12.8. The fourth-order valence-electron chi connectivity index (χ4n) is 2.22. The van der Waals surface area contributed by atoms with E-state index in [9.17, 15) is 5.11 Å². The van der Waals surface area contributed by atoms with Crippen LogP contribution >= 0.6 is 0 Å². The molecule has 0 bridgehead atoms. The van der Waals surface area contributed by atoms with Gasteiger partial charge in [-0.1, -0.05) is 40.6 Å². The molecule has 1 aliphatic rings. The van der Waals surface area contributed by atoms with Crippen molar-refractivity contribution in [1.29, 1.82) is 0 Å². The zero-order valence-electron chi connectivity index (χ0n) is 11.1. The topological polar surface area (TPSA) is 87.6 Å². The van der Waals surface area contributed by atoms with Crippen molar-refractivity contribution in [1.82, 2.24) is 0 Å². The Bertz CT molecular complexity index is 664. The van der Waals surface area contributed by atoms with Gasteiger partial charge in [0, 0.05) is 0 Å². The van der Waals surface area contributed by atoms with Gasteiger partial charge in [0.05, 0.1) is 24.8 Å². The summed E-state index contributed by atoms with van der Waals surface area (Å²) in [6.07, 6.45) is 1.64. The highest BCUT2D eigenvalue weighted by atomic mass is 16.7. The fraction of sp³-hybridized carbons (Fsp3) is 0.200. The summed E-state index contributed by atoms with van der Waals surface area (Å²) < 4.78 is 5.16. The van der Waals surface area contributed by atoms with Gasteiger partial charge in [-0.3, -0.25) is 0 Å². The van der Waals surface area contributed by atoms with Crippen molar-refractivity contribution in [3.8, 4) is 0 Å². The summed E-state index contributed by atoms with van der Waals surface area (Å²) in [5, 5.41) is 26.6. The van der Waals surface area contributed by atoms with Crippen molar-refractivity contribution in [2.24, 2.45) is 10.3 Å². The smallest absolute Gasteiger partial charge is 0.246 e. The van der Waals surface area contributed by atoms with Crippen LogP contribution in [0.4, 0.5) is 0 Å². The SMILES string of the molecule is O/N=C(/CC1(O)CC(c2ccccc2)=NO1)c1ccco1. The van der Waals surface area contributed by atoms with E-state index in [-0.39, 0.29) is 18.6 Å². The molecule has 21 heavy (non-hydrogen) atoms. The van der Waals surface area contributed by atoms with E-state index in [0.29, 0.717) is 11.5 Å². The summed E-state index contributed by atoms with van der Waals surface area (Å²) in [5.74, 6) is -1.16. The van der Waals surface area contributed by atoms with Gasteiger partial charge in [-0.15, -0.1) is 0 Å². The van der Waals surface area contributed by atoms with E-state index in [0.717, 1.165) is 5.56 Å². The molecule has 6 heteroatoms. The lowest BCUT2D eigenvalue weighted by atomic mass is 9.98. The molecule has 1 aromatic carbocycles. The summed E-state index contributed by atoms with van der Waals surface area (Å²) in [4.78, 5) is 5.15. The molecule has 108 valence electrons. The first kappa shape index (κ1) is 13.4. The molecule has 0 spiro atoms. The Balaban J connectivity index is 1.73. The Labute approximate surface area is 121 Å². The van der Waals surface area contributed by atoms with Gasteiger partial charge in [0.15, 0.2) is 5.76 Å². The Morgan fingerprint density at radius 3 is 2.71 bits per heavy atom. The van der Waals surface area contributed by atoms with E-state index in [2.05, 4.69) is 10.3 Å². The van der Waals surface area contributed by atoms with Gasteiger partial charge in [-0.05, 0) is 17.7 Å². The second-order valence-corrected chi connectivity index (χ2v) is 4.82. The predicted octanol–water partition coefficient (Wildman–Crippen LogP) is 2.36. The van der Waals surface area contributed by atoms with Crippen LogP contribution in [0.3, 0.4) is 0 Å². The lowest BCUT2D eigenvalue weighted by Crippen LogP contribution is -2.32. The number of hydrogen-bond acceptors (Lipinski definition) is 6. The highest BCUT2D eigenvalue weighted by molar-refractivity contribution is 6.03. The van der Waals surface area contributed by atoms with Crippen LogP contribution in [0.1, 0.15) is 24.2 Å². The van der Waals surface area contributed by atoms with Crippen LogP contribution in [0.25, 0.3) is 0 Å². The van der Waals surface area contributed by atoms with Crippen molar-refractivity contribution in [2.45, 2.75) is 18.6 Å². The van der Waals surface area contributed by atoms with Crippen LogP contribution in [0.2, 0.25) is 0 Å². The molecule has 2 aromatic rings. The number of aliphatic hydroxyl groups is 1. The molecule has 0 fully saturated rings. The standard InChI is InChI=1S/C15H14N2O4/c18-15(10-13(16-19)14-7-4-8-20-14)9-12(17-21-15)11-5-2-1-3-6-11/h1-8,18-19H,9-10H2/b16-13-. The minimum absolute atomic E-state index is 0.0309. The molecule has 2 heterocycles. The van der Waals surface area contributed by atoms with Crippen molar-refractivity contribution >= 4 is 11.4 Å². The van der Waals surface area contributed by atoms with Crippen LogP contribution in [-0.2, 0) is 4.84 Å². The first-order chi connectivity index (χ1) is 10.2. The molecule has 6 nitrogen and oxygen atoms in total. The van der Waals surface area contributed by atoms with E-state index in [1.165, 1.54) is 6.26 Å². The highest BCUT2D eigenvalue weighted by Crippen LogP contribution is 2.29. The Hall–Kier alpha value is -2.60. The molecule has 0 aliphatic carbocycles. The maximum Gasteiger partial charge on any atom is 0.246 e. The number of nitrogens with zero attached hydrogens (tertiary/aromatic N) is 2. The minimum Gasteiger partial charge on any atom is -0.463 e. The molecule has 3 rings (SSSR count). The Morgan fingerprint density at radius 1 is 1.24 bits per heavy atom. The second kappa shape index (κ2) is 5.41. The van der Waals surface area contributed by atoms with Crippen molar-refractivity contribution < 1.29 is 19.6 Å². The van der Waals surface area contributed by atoms with E-state index in [4.69, 9.17) is 14.5 Å². The van der Waals surface area contributed by atoms with Crippen LogP contribution in [-0.4, -0.2) is 27.5 Å². The monoisotopic (exact) mass is 286 g/mol. The molecule has 0 radical (unpaired) electrons. The fourth-order valence-corrected chi connectivity index (χ4v) is 2.22. The number of benzene rings is 1. The molecule has 1 unspecified atom stereocenters. The zero-order chi connectivity index (χ0) is 14.7. The summed E-state index contributed by atoms with van der Waals surface area (Å²) in [7, 11) is 0. The maximum atomic E-state index is 10.5. The first-order valence-corrected chi connectivity index (χ1v) is 6.48. The minimum atomic E-state index is -1.54. The molecule has 0 amide bonds. The normalized spacial score (nSPS) is 22.0.